The first-order valence-corrected chi connectivity index (χ1v) is 6.15. The third-order valence-corrected chi connectivity index (χ3v) is 3.01. The van der Waals surface area contributed by atoms with Crippen LogP contribution in [-0.2, 0) is 9.59 Å². The van der Waals surface area contributed by atoms with Crippen LogP contribution in [0.1, 0.15) is 5.56 Å². The summed E-state index contributed by atoms with van der Waals surface area (Å²) in [5.74, 6) is 0.850. The number of amides is 3. The highest BCUT2D eigenvalue weighted by Gasteiger charge is 2.35. The fraction of sp³-hybridized carbons (Fsp3) is 0.214. The van der Waals surface area contributed by atoms with Gasteiger partial charge >= 0.3 is 12.0 Å². The molecule has 1 aromatic rings. The minimum atomic E-state index is -1.18. The van der Waals surface area contributed by atoms with E-state index in [1.165, 1.54) is 0 Å². The molecular formula is C14H13N3O4. The minimum Gasteiger partial charge on any atom is -0.480 e. The number of carbonyl (C=O) groups is 3. The Morgan fingerprint density at radius 1 is 1.48 bits per heavy atom. The highest BCUT2D eigenvalue weighted by molar-refractivity contribution is 5.96. The topological polar surface area (TPSA) is 98.7 Å². The van der Waals surface area contributed by atoms with Crippen LogP contribution in [0, 0.1) is 12.3 Å². The number of anilines is 1. The molecule has 0 spiro atoms. The zero-order valence-corrected chi connectivity index (χ0v) is 11.0. The zero-order chi connectivity index (χ0) is 15.4. The van der Waals surface area contributed by atoms with Gasteiger partial charge in [0.05, 0.1) is 0 Å². The molecule has 2 rings (SSSR count). The molecule has 1 unspecified atom stereocenters. The second-order valence-corrected chi connectivity index (χ2v) is 4.44. The molecule has 108 valence electrons. The lowest BCUT2D eigenvalue weighted by Crippen LogP contribution is -2.60. The Kier molecular flexibility index (Phi) is 4.09. The molecule has 1 aromatic carbocycles. The maximum absolute atomic E-state index is 12.1. The van der Waals surface area contributed by atoms with Crippen LogP contribution in [0.5, 0.6) is 0 Å². The lowest BCUT2D eigenvalue weighted by atomic mass is 10.2. The van der Waals surface area contributed by atoms with Gasteiger partial charge in [0.25, 0.3) is 0 Å². The summed E-state index contributed by atoms with van der Waals surface area (Å²) < 4.78 is 0. The number of hydrogen-bond donors (Lipinski definition) is 3. The monoisotopic (exact) mass is 287 g/mol. The first-order valence-electron chi connectivity index (χ1n) is 6.15. The van der Waals surface area contributed by atoms with Gasteiger partial charge in [-0.2, -0.15) is 0 Å². The van der Waals surface area contributed by atoms with Crippen LogP contribution < -0.4 is 10.6 Å². The molecular weight excluding hydrogens is 274 g/mol. The van der Waals surface area contributed by atoms with Crippen LogP contribution in [-0.4, -0.2) is 47.0 Å². The molecule has 1 heterocycles. The van der Waals surface area contributed by atoms with Gasteiger partial charge in [0.15, 0.2) is 0 Å². The van der Waals surface area contributed by atoms with E-state index in [-0.39, 0.29) is 13.1 Å². The van der Waals surface area contributed by atoms with Crippen molar-refractivity contribution in [3.05, 3.63) is 29.8 Å². The highest BCUT2D eigenvalue weighted by Crippen LogP contribution is 2.13. The Bertz CT molecular complexity index is 635. The molecule has 1 atom stereocenters. The predicted octanol–water partition coefficient (Wildman–Crippen LogP) is 0.0848. The standard InChI is InChI=1S/C14H13N3O4/c1-2-9-4-3-5-10(6-9)16-14(21)17-8-12(18)15-7-11(17)13(19)20/h1,3-6,11H,7-8H2,(H,15,18)(H,16,21)(H,19,20). The molecule has 0 aliphatic carbocycles. The fourth-order valence-electron chi connectivity index (χ4n) is 1.96. The Balaban J connectivity index is 2.15. The maximum atomic E-state index is 12.1. The van der Waals surface area contributed by atoms with Gasteiger partial charge in [-0.3, -0.25) is 9.69 Å². The molecule has 0 bridgehead atoms. The van der Waals surface area contributed by atoms with E-state index in [9.17, 15) is 14.4 Å². The summed E-state index contributed by atoms with van der Waals surface area (Å²) >= 11 is 0. The third kappa shape index (κ3) is 3.30. The van der Waals surface area contributed by atoms with Gasteiger partial charge in [0, 0.05) is 17.8 Å². The molecule has 1 aliphatic heterocycles. The molecule has 1 saturated heterocycles. The molecule has 0 saturated carbocycles. The molecule has 3 amide bonds. The smallest absolute Gasteiger partial charge is 0.328 e. The summed E-state index contributed by atoms with van der Waals surface area (Å²) in [4.78, 5) is 35.6. The molecule has 3 N–H and O–H groups in total. The van der Waals surface area contributed by atoms with E-state index in [2.05, 4.69) is 16.6 Å². The molecule has 7 heteroatoms. The number of carbonyl (C=O) groups excluding carboxylic acids is 2. The van der Waals surface area contributed by atoms with Crippen molar-refractivity contribution in [3.8, 4) is 12.3 Å². The van der Waals surface area contributed by atoms with Crippen molar-refractivity contribution in [2.24, 2.45) is 0 Å². The van der Waals surface area contributed by atoms with E-state index >= 15 is 0 Å². The lowest BCUT2D eigenvalue weighted by Gasteiger charge is -2.32. The van der Waals surface area contributed by atoms with Crippen molar-refractivity contribution in [3.63, 3.8) is 0 Å². The van der Waals surface area contributed by atoms with E-state index in [1.807, 2.05) is 0 Å². The number of piperazine rings is 1. The SMILES string of the molecule is C#Cc1cccc(NC(=O)N2CC(=O)NCC2C(=O)O)c1. The normalized spacial score (nSPS) is 17.6. The number of hydrogen-bond acceptors (Lipinski definition) is 3. The second kappa shape index (κ2) is 5.96. The Morgan fingerprint density at radius 3 is 2.90 bits per heavy atom. The third-order valence-electron chi connectivity index (χ3n) is 3.01. The molecule has 7 nitrogen and oxygen atoms in total. The van der Waals surface area contributed by atoms with Crippen LogP contribution >= 0.6 is 0 Å². The summed E-state index contributed by atoms with van der Waals surface area (Å²) in [7, 11) is 0. The van der Waals surface area contributed by atoms with Crippen LogP contribution in [0.2, 0.25) is 0 Å². The van der Waals surface area contributed by atoms with Gasteiger partial charge < -0.3 is 15.7 Å². The molecule has 0 radical (unpaired) electrons. The minimum absolute atomic E-state index is 0.119. The van der Waals surface area contributed by atoms with Gasteiger partial charge in [-0.05, 0) is 18.2 Å². The number of terminal acetylenes is 1. The van der Waals surface area contributed by atoms with Crippen LogP contribution in [0.15, 0.2) is 24.3 Å². The van der Waals surface area contributed by atoms with Crippen molar-refractivity contribution < 1.29 is 19.5 Å². The molecule has 1 aliphatic rings. The van der Waals surface area contributed by atoms with E-state index in [0.29, 0.717) is 11.3 Å². The average molecular weight is 287 g/mol. The zero-order valence-electron chi connectivity index (χ0n) is 11.0. The van der Waals surface area contributed by atoms with Gasteiger partial charge in [-0.15, -0.1) is 6.42 Å². The number of urea groups is 1. The van der Waals surface area contributed by atoms with Gasteiger partial charge in [-0.25, -0.2) is 9.59 Å². The molecule has 1 fully saturated rings. The largest absolute Gasteiger partial charge is 0.480 e. The number of benzene rings is 1. The summed E-state index contributed by atoms with van der Waals surface area (Å²) in [6.45, 7) is -0.427. The van der Waals surface area contributed by atoms with E-state index in [4.69, 9.17) is 11.5 Å². The van der Waals surface area contributed by atoms with Crippen molar-refractivity contribution in [1.29, 1.82) is 0 Å². The number of carboxylic acids is 1. The first kappa shape index (κ1) is 14.4. The second-order valence-electron chi connectivity index (χ2n) is 4.44. The summed E-state index contributed by atoms with van der Waals surface area (Å²) in [5, 5.41) is 14.0. The van der Waals surface area contributed by atoms with Crippen LogP contribution in [0.4, 0.5) is 10.5 Å². The van der Waals surface area contributed by atoms with E-state index < -0.39 is 23.9 Å². The van der Waals surface area contributed by atoms with Crippen LogP contribution in [0.3, 0.4) is 0 Å². The number of rotatable bonds is 2. The summed E-state index contributed by atoms with van der Waals surface area (Å²) in [6.07, 6.45) is 5.27. The number of nitrogens with one attached hydrogen (secondary N) is 2. The van der Waals surface area contributed by atoms with E-state index in [0.717, 1.165) is 4.90 Å². The van der Waals surface area contributed by atoms with Crippen molar-refractivity contribution in [1.82, 2.24) is 10.2 Å². The highest BCUT2D eigenvalue weighted by atomic mass is 16.4. The Hall–Kier alpha value is -3.01. The van der Waals surface area contributed by atoms with Crippen LogP contribution in [0.25, 0.3) is 0 Å². The van der Waals surface area contributed by atoms with Crippen molar-refractivity contribution >= 4 is 23.6 Å². The summed E-state index contributed by atoms with van der Waals surface area (Å²) in [5.41, 5.74) is 1.02. The van der Waals surface area contributed by atoms with Crippen molar-refractivity contribution in [2.75, 3.05) is 18.4 Å². The quantitative estimate of drug-likeness (QED) is 0.671. The Morgan fingerprint density at radius 2 is 2.24 bits per heavy atom. The van der Waals surface area contributed by atoms with Gasteiger partial charge in [0.1, 0.15) is 12.6 Å². The average Bonchev–Trinajstić information content (AvgIpc) is 2.47. The first-order chi connectivity index (χ1) is 10.0. The lowest BCUT2D eigenvalue weighted by molar-refractivity contribution is -0.144. The Labute approximate surface area is 120 Å². The maximum Gasteiger partial charge on any atom is 0.328 e. The molecule has 21 heavy (non-hydrogen) atoms. The summed E-state index contributed by atoms with van der Waals surface area (Å²) in [6, 6.07) is 4.81. The predicted molar refractivity (Wildman–Crippen MR) is 74.5 cm³/mol. The number of aliphatic carboxylic acids is 1. The number of carboxylic acid groups (broad SMARTS) is 1. The van der Waals surface area contributed by atoms with Gasteiger partial charge in [0.2, 0.25) is 5.91 Å². The van der Waals surface area contributed by atoms with Crippen molar-refractivity contribution in [2.45, 2.75) is 6.04 Å². The van der Waals surface area contributed by atoms with Gasteiger partial charge in [-0.1, -0.05) is 12.0 Å². The number of nitrogens with zero attached hydrogens (tertiary/aromatic N) is 1. The fourth-order valence-corrected chi connectivity index (χ4v) is 1.96. The van der Waals surface area contributed by atoms with E-state index in [1.54, 1.807) is 24.3 Å². The molecule has 0 aromatic heterocycles.